The maximum Gasteiger partial charge on any atom is 0.271 e. The van der Waals surface area contributed by atoms with Gasteiger partial charge >= 0.3 is 0 Å². The third kappa shape index (κ3) is 4.48. The number of halogens is 1. The average Bonchev–Trinajstić information content (AvgIpc) is 2.58. The van der Waals surface area contributed by atoms with Crippen molar-refractivity contribution in [3.63, 3.8) is 0 Å². The number of aromatic hydroxyl groups is 1. The van der Waals surface area contributed by atoms with Gasteiger partial charge in [-0.05, 0) is 43.3 Å². The molecular formula is C17H17BrN2O4. The molecule has 0 atom stereocenters. The lowest BCUT2D eigenvalue weighted by molar-refractivity contribution is 0.0954. The minimum atomic E-state index is -0.401. The summed E-state index contributed by atoms with van der Waals surface area (Å²) in [5, 5.41) is 13.6. The molecule has 0 saturated carbocycles. The Hall–Kier alpha value is -2.54. The second-order valence-electron chi connectivity index (χ2n) is 4.70. The fourth-order valence-electron chi connectivity index (χ4n) is 1.94. The molecule has 0 aromatic heterocycles. The molecule has 2 rings (SSSR count). The number of hydrazone groups is 1. The Balaban J connectivity index is 2.09. The Bertz CT molecular complexity index is 762. The number of rotatable bonds is 6. The van der Waals surface area contributed by atoms with Gasteiger partial charge in [-0.25, -0.2) is 5.43 Å². The lowest BCUT2D eigenvalue weighted by atomic mass is 10.2. The van der Waals surface area contributed by atoms with E-state index in [0.29, 0.717) is 29.2 Å². The van der Waals surface area contributed by atoms with Gasteiger partial charge < -0.3 is 14.6 Å². The first-order valence-electron chi connectivity index (χ1n) is 7.18. The fraction of sp³-hybridized carbons (Fsp3) is 0.176. The predicted molar refractivity (Wildman–Crippen MR) is 95.0 cm³/mol. The number of phenols is 1. The van der Waals surface area contributed by atoms with E-state index in [0.717, 1.165) is 4.47 Å². The van der Waals surface area contributed by atoms with Crippen LogP contribution in [0.5, 0.6) is 17.2 Å². The lowest BCUT2D eigenvalue weighted by Gasteiger charge is -2.10. The first kappa shape index (κ1) is 17.8. The van der Waals surface area contributed by atoms with Crippen molar-refractivity contribution in [2.45, 2.75) is 6.92 Å². The van der Waals surface area contributed by atoms with Crippen LogP contribution in [0.1, 0.15) is 22.8 Å². The summed E-state index contributed by atoms with van der Waals surface area (Å²) in [6, 6.07) is 9.79. The van der Waals surface area contributed by atoms with E-state index in [1.807, 2.05) is 6.92 Å². The summed E-state index contributed by atoms with van der Waals surface area (Å²) in [5.74, 6) is 0.707. The zero-order valence-electron chi connectivity index (χ0n) is 13.2. The maximum absolute atomic E-state index is 12.1. The Morgan fingerprint density at radius 3 is 2.79 bits per heavy atom. The summed E-state index contributed by atoms with van der Waals surface area (Å²) in [7, 11) is 1.51. The maximum atomic E-state index is 12.1. The Morgan fingerprint density at radius 2 is 2.08 bits per heavy atom. The van der Waals surface area contributed by atoms with Gasteiger partial charge in [0.25, 0.3) is 5.91 Å². The van der Waals surface area contributed by atoms with Crippen molar-refractivity contribution in [1.82, 2.24) is 5.43 Å². The van der Waals surface area contributed by atoms with Crippen LogP contribution in [0.25, 0.3) is 0 Å². The zero-order chi connectivity index (χ0) is 17.5. The van der Waals surface area contributed by atoms with Gasteiger partial charge in [0.1, 0.15) is 5.75 Å². The number of carbonyl (C=O) groups is 1. The predicted octanol–water partition coefficient (Wildman–Crippen LogP) is 3.33. The van der Waals surface area contributed by atoms with Gasteiger partial charge in [-0.1, -0.05) is 15.9 Å². The zero-order valence-corrected chi connectivity index (χ0v) is 14.8. The molecule has 0 heterocycles. The Kier molecular flexibility index (Phi) is 6.20. The quantitative estimate of drug-likeness (QED) is 0.583. The molecule has 2 aromatic carbocycles. The van der Waals surface area contributed by atoms with Crippen molar-refractivity contribution in [3.05, 3.63) is 52.0 Å². The van der Waals surface area contributed by atoms with Crippen LogP contribution in [0, 0.1) is 0 Å². The van der Waals surface area contributed by atoms with Gasteiger partial charge in [0.15, 0.2) is 11.5 Å². The average molecular weight is 393 g/mol. The van der Waals surface area contributed by atoms with Crippen molar-refractivity contribution in [2.75, 3.05) is 13.7 Å². The van der Waals surface area contributed by atoms with Gasteiger partial charge in [-0.2, -0.15) is 5.10 Å². The lowest BCUT2D eigenvalue weighted by Crippen LogP contribution is -2.17. The van der Waals surface area contributed by atoms with Crippen molar-refractivity contribution in [2.24, 2.45) is 5.10 Å². The van der Waals surface area contributed by atoms with Crippen LogP contribution in [0.15, 0.2) is 46.0 Å². The van der Waals surface area contributed by atoms with E-state index in [1.54, 1.807) is 30.3 Å². The SMILES string of the molecule is CCOc1ccc(C(=O)N/N=C/c2cc(Br)ccc2O)cc1OC. The van der Waals surface area contributed by atoms with E-state index in [9.17, 15) is 9.90 Å². The van der Waals surface area contributed by atoms with E-state index in [-0.39, 0.29) is 5.75 Å². The summed E-state index contributed by atoms with van der Waals surface area (Å²) in [5.41, 5.74) is 3.27. The molecule has 0 aliphatic heterocycles. The van der Waals surface area contributed by atoms with Crippen LogP contribution in [0.3, 0.4) is 0 Å². The molecule has 0 radical (unpaired) electrons. The van der Waals surface area contributed by atoms with Crippen molar-refractivity contribution in [3.8, 4) is 17.2 Å². The van der Waals surface area contributed by atoms with Crippen LogP contribution in [0.4, 0.5) is 0 Å². The number of hydrogen-bond donors (Lipinski definition) is 2. The highest BCUT2D eigenvalue weighted by Crippen LogP contribution is 2.28. The van der Waals surface area contributed by atoms with E-state index in [2.05, 4.69) is 26.5 Å². The molecule has 0 aliphatic carbocycles. The largest absolute Gasteiger partial charge is 0.507 e. The third-order valence-electron chi connectivity index (χ3n) is 3.08. The number of nitrogens with zero attached hydrogens (tertiary/aromatic N) is 1. The minimum Gasteiger partial charge on any atom is -0.507 e. The summed E-state index contributed by atoms with van der Waals surface area (Å²) < 4.78 is 11.4. The number of carbonyl (C=O) groups excluding carboxylic acids is 1. The van der Waals surface area contributed by atoms with Crippen molar-refractivity contribution in [1.29, 1.82) is 0 Å². The van der Waals surface area contributed by atoms with Crippen LogP contribution in [0.2, 0.25) is 0 Å². The van der Waals surface area contributed by atoms with Crippen LogP contribution in [-0.2, 0) is 0 Å². The van der Waals surface area contributed by atoms with Gasteiger partial charge in [0, 0.05) is 15.6 Å². The number of benzene rings is 2. The smallest absolute Gasteiger partial charge is 0.271 e. The minimum absolute atomic E-state index is 0.0685. The third-order valence-corrected chi connectivity index (χ3v) is 3.58. The summed E-state index contributed by atoms with van der Waals surface area (Å²) >= 11 is 3.30. The highest BCUT2D eigenvalue weighted by atomic mass is 79.9. The standard InChI is InChI=1S/C17H17BrN2O4/c1-3-24-15-7-4-11(9-16(15)23-2)17(22)20-19-10-12-8-13(18)5-6-14(12)21/h4-10,21H,3H2,1-2H3,(H,20,22)/b19-10+. The molecule has 0 aliphatic rings. The molecule has 0 unspecified atom stereocenters. The van der Waals surface area contributed by atoms with E-state index in [1.165, 1.54) is 19.4 Å². The second-order valence-corrected chi connectivity index (χ2v) is 5.62. The molecule has 6 nitrogen and oxygen atoms in total. The fourth-order valence-corrected chi connectivity index (χ4v) is 2.32. The molecule has 0 saturated heterocycles. The highest BCUT2D eigenvalue weighted by Gasteiger charge is 2.10. The van der Waals surface area contributed by atoms with Gasteiger partial charge in [0.05, 0.1) is 19.9 Å². The number of nitrogens with one attached hydrogen (secondary N) is 1. The number of ether oxygens (including phenoxy) is 2. The van der Waals surface area contributed by atoms with E-state index < -0.39 is 5.91 Å². The number of hydrogen-bond acceptors (Lipinski definition) is 5. The topological polar surface area (TPSA) is 80.2 Å². The Labute approximate surface area is 148 Å². The molecule has 126 valence electrons. The molecule has 7 heteroatoms. The Morgan fingerprint density at radius 1 is 1.29 bits per heavy atom. The van der Waals surface area contributed by atoms with Crippen LogP contribution < -0.4 is 14.9 Å². The molecule has 24 heavy (non-hydrogen) atoms. The number of phenolic OH excluding ortho intramolecular Hbond substituents is 1. The van der Waals surface area contributed by atoms with Crippen molar-refractivity contribution >= 4 is 28.1 Å². The van der Waals surface area contributed by atoms with Crippen LogP contribution >= 0.6 is 15.9 Å². The summed E-state index contributed by atoms with van der Waals surface area (Å²) in [6.07, 6.45) is 1.36. The first-order chi connectivity index (χ1) is 11.5. The monoisotopic (exact) mass is 392 g/mol. The van der Waals surface area contributed by atoms with E-state index >= 15 is 0 Å². The molecule has 0 fully saturated rings. The molecule has 0 spiro atoms. The van der Waals surface area contributed by atoms with Gasteiger partial charge in [0.2, 0.25) is 0 Å². The second kappa shape index (κ2) is 8.35. The van der Waals surface area contributed by atoms with Gasteiger partial charge in [-0.15, -0.1) is 0 Å². The normalized spacial score (nSPS) is 10.6. The summed E-state index contributed by atoms with van der Waals surface area (Å²) in [4.78, 5) is 12.1. The van der Waals surface area contributed by atoms with Gasteiger partial charge in [-0.3, -0.25) is 4.79 Å². The van der Waals surface area contributed by atoms with E-state index in [4.69, 9.17) is 9.47 Å². The highest BCUT2D eigenvalue weighted by molar-refractivity contribution is 9.10. The number of methoxy groups -OCH3 is 1. The van der Waals surface area contributed by atoms with Crippen LogP contribution in [-0.4, -0.2) is 30.9 Å². The first-order valence-corrected chi connectivity index (χ1v) is 7.97. The number of amides is 1. The molecule has 2 N–H and O–H groups in total. The molecule has 0 bridgehead atoms. The van der Waals surface area contributed by atoms with Crippen molar-refractivity contribution < 1.29 is 19.4 Å². The molecule has 1 amide bonds. The summed E-state index contributed by atoms with van der Waals surface area (Å²) in [6.45, 7) is 2.37. The molecular weight excluding hydrogens is 376 g/mol. The molecule has 2 aromatic rings.